The molecule has 0 unspecified atom stereocenters. The van der Waals surface area contributed by atoms with Crippen molar-refractivity contribution >= 4 is 21.8 Å². The van der Waals surface area contributed by atoms with E-state index >= 15 is 0 Å². The Bertz CT molecular complexity index is 735. The van der Waals surface area contributed by atoms with Gasteiger partial charge in [0.2, 0.25) is 15.9 Å². The van der Waals surface area contributed by atoms with Gasteiger partial charge in [-0.2, -0.15) is 0 Å². The molecule has 0 heterocycles. The lowest BCUT2D eigenvalue weighted by Gasteiger charge is -2.20. The van der Waals surface area contributed by atoms with Crippen LogP contribution >= 0.6 is 0 Å². The highest BCUT2D eigenvalue weighted by molar-refractivity contribution is 7.89. The van der Waals surface area contributed by atoms with Crippen molar-refractivity contribution < 1.29 is 22.7 Å². The second-order valence-corrected chi connectivity index (χ2v) is 7.81. The van der Waals surface area contributed by atoms with Gasteiger partial charge < -0.3 is 15.8 Å². The van der Waals surface area contributed by atoms with E-state index in [-0.39, 0.29) is 28.3 Å². The van der Waals surface area contributed by atoms with E-state index in [4.69, 9.17) is 10.5 Å². The van der Waals surface area contributed by atoms with Gasteiger partial charge in [-0.3, -0.25) is 9.59 Å². The van der Waals surface area contributed by atoms with Gasteiger partial charge in [-0.15, -0.1) is 0 Å². The Balaban J connectivity index is 2.10. The van der Waals surface area contributed by atoms with Gasteiger partial charge in [-0.25, -0.2) is 13.1 Å². The van der Waals surface area contributed by atoms with Gasteiger partial charge in [0.05, 0.1) is 18.0 Å². The molecule has 25 heavy (non-hydrogen) atoms. The van der Waals surface area contributed by atoms with Gasteiger partial charge >= 0.3 is 0 Å². The van der Waals surface area contributed by atoms with E-state index in [9.17, 15) is 18.0 Å². The number of carbonyl (C=O) groups is 2. The molecule has 0 spiro atoms. The number of hydrogen-bond donors (Lipinski definition) is 3. The van der Waals surface area contributed by atoms with Crippen molar-refractivity contribution in [1.29, 1.82) is 0 Å². The molecule has 1 saturated carbocycles. The predicted octanol–water partition coefficient (Wildman–Crippen LogP) is -0.00490. The van der Waals surface area contributed by atoms with E-state index in [0.29, 0.717) is 6.61 Å². The first kappa shape index (κ1) is 19.4. The van der Waals surface area contributed by atoms with Gasteiger partial charge in [0, 0.05) is 24.6 Å². The maximum absolute atomic E-state index is 12.5. The zero-order chi connectivity index (χ0) is 18.4. The van der Waals surface area contributed by atoms with Crippen LogP contribution in [0.3, 0.4) is 0 Å². The summed E-state index contributed by atoms with van der Waals surface area (Å²) in [6, 6.07) is 5.67. The number of nitrogens with one attached hydrogen (secondary N) is 2. The molecule has 1 aromatic carbocycles. The monoisotopic (exact) mass is 369 g/mol. The number of nitrogens with two attached hydrogens (primary N) is 1. The van der Waals surface area contributed by atoms with Crippen molar-refractivity contribution in [3.63, 3.8) is 0 Å². The van der Waals surface area contributed by atoms with Gasteiger partial charge in [0.1, 0.15) is 0 Å². The van der Waals surface area contributed by atoms with Crippen molar-refractivity contribution in [2.75, 3.05) is 20.3 Å². The maximum atomic E-state index is 12.5. The lowest BCUT2D eigenvalue weighted by molar-refractivity contribution is -0.116. The number of hydrogen-bond acceptors (Lipinski definition) is 5. The zero-order valence-electron chi connectivity index (χ0n) is 14.0. The number of amides is 2. The van der Waals surface area contributed by atoms with Crippen molar-refractivity contribution in [2.24, 2.45) is 11.7 Å². The quantitative estimate of drug-likeness (QED) is 0.594. The minimum absolute atomic E-state index is 0.0145. The molecule has 138 valence electrons. The number of sulfonamides is 1. The number of methoxy groups -OCH3 is 1. The standard InChI is InChI=1S/C16H23N3O5S/c1-24-10-12-5-3-7-14(12)19-16(21)11-4-2-6-13(8-11)25(22,23)18-9-15(17)20/h2,4,6,8,12,14,18H,3,5,7,9-10H2,1H3,(H2,17,20)(H,19,21)/t12-,14-/m0/s1. The van der Waals surface area contributed by atoms with Gasteiger partial charge in [-0.1, -0.05) is 12.5 Å². The Kier molecular flexibility index (Phi) is 6.51. The highest BCUT2D eigenvalue weighted by Gasteiger charge is 2.29. The molecule has 1 aliphatic carbocycles. The molecule has 0 bridgehead atoms. The lowest BCUT2D eigenvalue weighted by atomic mass is 10.0. The summed E-state index contributed by atoms with van der Waals surface area (Å²) in [5.74, 6) is -0.860. The first-order chi connectivity index (χ1) is 11.8. The molecule has 0 saturated heterocycles. The summed E-state index contributed by atoms with van der Waals surface area (Å²) in [6.07, 6.45) is 2.88. The van der Waals surface area contributed by atoms with Crippen LogP contribution < -0.4 is 15.8 Å². The number of primary amides is 1. The summed E-state index contributed by atoms with van der Waals surface area (Å²) < 4.78 is 31.5. The molecule has 2 rings (SSSR count). The zero-order valence-corrected chi connectivity index (χ0v) is 14.8. The van der Waals surface area contributed by atoms with Crippen LogP contribution in [-0.2, 0) is 19.6 Å². The van der Waals surface area contributed by atoms with Gasteiger partial charge in [0.15, 0.2) is 0 Å². The molecule has 0 aliphatic heterocycles. The SMILES string of the molecule is COC[C@@H]1CCC[C@@H]1NC(=O)c1cccc(S(=O)(=O)NCC(N)=O)c1. The summed E-state index contributed by atoms with van der Waals surface area (Å²) in [7, 11) is -2.28. The van der Waals surface area contributed by atoms with Crippen molar-refractivity contribution in [3.8, 4) is 0 Å². The highest BCUT2D eigenvalue weighted by atomic mass is 32.2. The number of benzene rings is 1. The van der Waals surface area contributed by atoms with Crippen LogP contribution in [0.4, 0.5) is 0 Å². The Morgan fingerprint density at radius 3 is 2.76 bits per heavy atom. The van der Waals surface area contributed by atoms with E-state index in [2.05, 4.69) is 10.0 Å². The minimum Gasteiger partial charge on any atom is -0.384 e. The number of carbonyl (C=O) groups excluding carboxylic acids is 2. The third kappa shape index (κ3) is 5.25. The molecule has 4 N–H and O–H groups in total. The van der Waals surface area contributed by atoms with Crippen LogP contribution in [0.15, 0.2) is 29.2 Å². The predicted molar refractivity (Wildman–Crippen MR) is 91.3 cm³/mol. The van der Waals surface area contributed by atoms with E-state index in [1.807, 2.05) is 0 Å². The second-order valence-electron chi connectivity index (χ2n) is 6.04. The third-order valence-electron chi connectivity index (χ3n) is 4.20. The third-order valence-corrected chi connectivity index (χ3v) is 5.60. The Hall–Kier alpha value is -1.97. The normalized spacial score (nSPS) is 20.4. The topological polar surface area (TPSA) is 128 Å². The van der Waals surface area contributed by atoms with Crippen LogP contribution in [0.2, 0.25) is 0 Å². The van der Waals surface area contributed by atoms with E-state index < -0.39 is 22.5 Å². The van der Waals surface area contributed by atoms with E-state index in [0.717, 1.165) is 19.3 Å². The molecule has 2 atom stereocenters. The van der Waals surface area contributed by atoms with Crippen molar-refractivity contribution in [3.05, 3.63) is 29.8 Å². The van der Waals surface area contributed by atoms with Crippen LogP contribution in [0.25, 0.3) is 0 Å². The lowest BCUT2D eigenvalue weighted by Crippen LogP contribution is -2.39. The average Bonchev–Trinajstić information content (AvgIpc) is 3.00. The van der Waals surface area contributed by atoms with Crippen LogP contribution in [-0.4, -0.2) is 46.5 Å². The summed E-state index contributed by atoms with van der Waals surface area (Å²) in [4.78, 5) is 23.1. The Labute approximate surface area is 147 Å². The smallest absolute Gasteiger partial charge is 0.251 e. The van der Waals surface area contributed by atoms with Gasteiger partial charge in [0.25, 0.3) is 5.91 Å². The van der Waals surface area contributed by atoms with Crippen LogP contribution in [0.5, 0.6) is 0 Å². The van der Waals surface area contributed by atoms with E-state index in [1.165, 1.54) is 18.2 Å². The number of rotatable bonds is 8. The van der Waals surface area contributed by atoms with Crippen molar-refractivity contribution in [1.82, 2.24) is 10.0 Å². The Morgan fingerprint density at radius 1 is 1.32 bits per heavy atom. The Morgan fingerprint density at radius 2 is 2.08 bits per heavy atom. The fourth-order valence-corrected chi connectivity index (χ4v) is 3.98. The fourth-order valence-electron chi connectivity index (χ4n) is 2.95. The minimum atomic E-state index is -3.91. The van der Waals surface area contributed by atoms with Crippen LogP contribution in [0, 0.1) is 5.92 Å². The molecule has 8 nitrogen and oxygen atoms in total. The van der Waals surface area contributed by atoms with E-state index in [1.54, 1.807) is 13.2 Å². The summed E-state index contributed by atoms with van der Waals surface area (Å²) >= 11 is 0. The largest absolute Gasteiger partial charge is 0.384 e. The summed E-state index contributed by atoms with van der Waals surface area (Å²) in [5, 5.41) is 2.95. The maximum Gasteiger partial charge on any atom is 0.251 e. The van der Waals surface area contributed by atoms with Gasteiger partial charge in [-0.05, 0) is 31.0 Å². The fraction of sp³-hybridized carbons (Fsp3) is 0.500. The molecular formula is C16H23N3O5S. The molecule has 0 radical (unpaired) electrons. The molecule has 0 aromatic heterocycles. The summed E-state index contributed by atoms with van der Waals surface area (Å²) in [5.41, 5.74) is 5.19. The van der Waals surface area contributed by atoms with Crippen LogP contribution in [0.1, 0.15) is 29.6 Å². The average molecular weight is 369 g/mol. The molecule has 2 amide bonds. The van der Waals surface area contributed by atoms with Crippen molar-refractivity contribution in [2.45, 2.75) is 30.2 Å². The highest BCUT2D eigenvalue weighted by Crippen LogP contribution is 2.26. The molecule has 1 aromatic rings. The number of ether oxygens (including phenoxy) is 1. The molecule has 1 aliphatic rings. The molecule has 1 fully saturated rings. The molecule has 9 heteroatoms. The first-order valence-electron chi connectivity index (χ1n) is 8.01. The first-order valence-corrected chi connectivity index (χ1v) is 9.49. The second kappa shape index (κ2) is 8.41. The summed E-state index contributed by atoms with van der Waals surface area (Å²) in [6.45, 7) is 0.0793. The molecular weight excluding hydrogens is 346 g/mol.